The number of thiocarbonyl (C=S) groups is 1. The topological polar surface area (TPSA) is 24.5 Å². The van der Waals surface area contributed by atoms with Gasteiger partial charge in [0.1, 0.15) is 5.75 Å². The molecule has 4 heteroatoms. The zero-order chi connectivity index (χ0) is 16.8. The third kappa shape index (κ3) is 4.02. The molecule has 0 bridgehead atoms. The molecule has 0 atom stereocenters. The van der Waals surface area contributed by atoms with Crippen LogP contribution in [0.15, 0.2) is 42.5 Å². The Hall–Kier alpha value is -2.07. The third-order valence-electron chi connectivity index (χ3n) is 4.00. The van der Waals surface area contributed by atoms with Gasteiger partial charge in [-0.15, -0.1) is 0 Å². The summed E-state index contributed by atoms with van der Waals surface area (Å²) in [5.74, 6) is 0.839. The lowest BCUT2D eigenvalue weighted by atomic mass is 10.0. The molecule has 2 aromatic carbocycles. The quantitative estimate of drug-likeness (QED) is 0.807. The Morgan fingerprint density at radius 3 is 2.09 bits per heavy atom. The number of nitrogens with zero attached hydrogens (tertiary/aromatic N) is 1. The van der Waals surface area contributed by atoms with Gasteiger partial charge in [-0.1, -0.05) is 32.0 Å². The maximum absolute atomic E-state index is 5.60. The van der Waals surface area contributed by atoms with Gasteiger partial charge in [-0.2, -0.15) is 0 Å². The van der Waals surface area contributed by atoms with Crippen LogP contribution in [-0.2, 0) is 12.8 Å². The molecule has 0 spiro atoms. The second-order valence-corrected chi connectivity index (χ2v) is 5.73. The number of benzene rings is 2. The van der Waals surface area contributed by atoms with Crippen LogP contribution in [0.5, 0.6) is 5.75 Å². The lowest BCUT2D eigenvalue weighted by Crippen LogP contribution is -2.31. The average Bonchev–Trinajstić information content (AvgIpc) is 2.61. The largest absolute Gasteiger partial charge is 0.497 e. The second kappa shape index (κ2) is 7.97. The molecule has 23 heavy (non-hydrogen) atoms. The summed E-state index contributed by atoms with van der Waals surface area (Å²) in [5, 5.41) is 4.12. The molecule has 0 radical (unpaired) electrons. The lowest BCUT2D eigenvalue weighted by molar-refractivity contribution is 0.415. The predicted molar refractivity (Wildman–Crippen MR) is 103 cm³/mol. The van der Waals surface area contributed by atoms with E-state index >= 15 is 0 Å². The first-order chi connectivity index (χ1) is 11.1. The molecule has 0 heterocycles. The Bertz CT molecular complexity index is 645. The van der Waals surface area contributed by atoms with E-state index in [1.165, 1.54) is 11.1 Å². The predicted octanol–water partition coefficient (Wildman–Crippen LogP) is 4.65. The molecular weight excluding hydrogens is 304 g/mol. The Morgan fingerprint density at radius 1 is 1.04 bits per heavy atom. The molecule has 0 aliphatic carbocycles. The molecule has 0 fully saturated rings. The van der Waals surface area contributed by atoms with Crippen molar-refractivity contribution in [2.75, 3.05) is 24.4 Å². The number of methoxy groups -OCH3 is 1. The number of nitrogens with one attached hydrogen (secondary N) is 1. The van der Waals surface area contributed by atoms with Gasteiger partial charge in [0.15, 0.2) is 5.11 Å². The fraction of sp³-hybridized carbons (Fsp3) is 0.316. The SMILES string of the molecule is CCc1cccc(CC)c1NC(=S)N(C)c1ccc(OC)cc1. The molecule has 0 unspecified atom stereocenters. The van der Waals surface area contributed by atoms with Crippen molar-refractivity contribution < 1.29 is 4.74 Å². The van der Waals surface area contributed by atoms with Crippen LogP contribution >= 0.6 is 12.2 Å². The number of aryl methyl sites for hydroxylation is 2. The third-order valence-corrected chi connectivity index (χ3v) is 4.37. The highest BCUT2D eigenvalue weighted by atomic mass is 32.1. The Labute approximate surface area is 144 Å². The summed E-state index contributed by atoms with van der Waals surface area (Å²) in [4.78, 5) is 1.97. The molecule has 0 saturated heterocycles. The zero-order valence-corrected chi connectivity index (χ0v) is 15.0. The van der Waals surface area contributed by atoms with Crippen LogP contribution in [0.2, 0.25) is 0 Å². The van der Waals surface area contributed by atoms with Gasteiger partial charge >= 0.3 is 0 Å². The van der Waals surface area contributed by atoms with Crippen LogP contribution in [0.25, 0.3) is 0 Å². The Morgan fingerprint density at radius 2 is 1.61 bits per heavy atom. The number of para-hydroxylation sites is 1. The smallest absolute Gasteiger partial charge is 0.177 e. The van der Waals surface area contributed by atoms with Crippen molar-refractivity contribution in [3.63, 3.8) is 0 Å². The van der Waals surface area contributed by atoms with Crippen LogP contribution in [0.4, 0.5) is 11.4 Å². The Balaban J connectivity index is 2.21. The van der Waals surface area contributed by atoms with Crippen molar-refractivity contribution in [1.82, 2.24) is 0 Å². The highest BCUT2D eigenvalue weighted by Crippen LogP contribution is 2.24. The van der Waals surface area contributed by atoms with Gasteiger partial charge in [-0.25, -0.2) is 0 Å². The highest BCUT2D eigenvalue weighted by molar-refractivity contribution is 7.80. The van der Waals surface area contributed by atoms with Crippen LogP contribution in [0, 0.1) is 0 Å². The van der Waals surface area contributed by atoms with E-state index in [2.05, 4.69) is 37.4 Å². The average molecular weight is 328 g/mol. The van der Waals surface area contributed by atoms with E-state index in [-0.39, 0.29) is 0 Å². The zero-order valence-electron chi connectivity index (χ0n) is 14.2. The van der Waals surface area contributed by atoms with Crippen LogP contribution in [0.3, 0.4) is 0 Å². The van der Waals surface area contributed by atoms with Gasteiger partial charge in [0, 0.05) is 18.4 Å². The van der Waals surface area contributed by atoms with Gasteiger partial charge in [0.25, 0.3) is 0 Å². The number of hydrogen-bond acceptors (Lipinski definition) is 2. The molecule has 1 N–H and O–H groups in total. The van der Waals surface area contributed by atoms with E-state index in [9.17, 15) is 0 Å². The number of anilines is 2. The van der Waals surface area contributed by atoms with Gasteiger partial charge in [0.2, 0.25) is 0 Å². The first kappa shape index (κ1) is 17.3. The van der Waals surface area contributed by atoms with Gasteiger partial charge in [-0.05, 0) is 60.5 Å². The van der Waals surface area contributed by atoms with Crippen molar-refractivity contribution in [3.8, 4) is 5.75 Å². The number of rotatable bonds is 5. The first-order valence-corrected chi connectivity index (χ1v) is 8.31. The monoisotopic (exact) mass is 328 g/mol. The number of hydrogen-bond donors (Lipinski definition) is 1. The minimum atomic E-state index is 0.686. The highest BCUT2D eigenvalue weighted by Gasteiger charge is 2.12. The molecule has 2 aromatic rings. The molecule has 0 aliphatic rings. The fourth-order valence-electron chi connectivity index (χ4n) is 2.52. The molecule has 2 rings (SSSR count). The van der Waals surface area contributed by atoms with Crippen molar-refractivity contribution in [2.45, 2.75) is 26.7 Å². The summed E-state index contributed by atoms with van der Waals surface area (Å²) in [6, 6.07) is 14.3. The van der Waals surface area contributed by atoms with E-state index in [4.69, 9.17) is 17.0 Å². The molecule has 3 nitrogen and oxygen atoms in total. The molecule has 0 aliphatic heterocycles. The molecule has 0 amide bonds. The van der Waals surface area contributed by atoms with Gasteiger partial charge in [-0.3, -0.25) is 0 Å². The second-order valence-electron chi connectivity index (χ2n) is 5.35. The van der Waals surface area contributed by atoms with Crippen LogP contribution in [-0.4, -0.2) is 19.3 Å². The van der Waals surface area contributed by atoms with Crippen LogP contribution < -0.4 is 15.0 Å². The van der Waals surface area contributed by atoms with Gasteiger partial charge in [0.05, 0.1) is 7.11 Å². The standard InChI is InChI=1S/C19H24N2OS/c1-5-14-8-7-9-15(6-2)18(14)20-19(23)21(3)16-10-12-17(22-4)13-11-16/h7-13H,5-6H2,1-4H3,(H,20,23). The van der Waals surface area contributed by atoms with E-state index < -0.39 is 0 Å². The van der Waals surface area contributed by atoms with Gasteiger partial charge < -0.3 is 15.0 Å². The van der Waals surface area contributed by atoms with E-state index in [0.29, 0.717) is 5.11 Å². The summed E-state index contributed by atoms with van der Waals surface area (Å²) in [7, 11) is 3.64. The lowest BCUT2D eigenvalue weighted by Gasteiger charge is -2.23. The van der Waals surface area contributed by atoms with Crippen molar-refractivity contribution in [1.29, 1.82) is 0 Å². The molecule has 0 saturated carbocycles. The summed E-state index contributed by atoms with van der Waals surface area (Å²) in [6.45, 7) is 4.33. The summed E-state index contributed by atoms with van der Waals surface area (Å²) >= 11 is 5.60. The molecule has 122 valence electrons. The normalized spacial score (nSPS) is 10.3. The maximum atomic E-state index is 5.60. The number of ether oxygens (including phenoxy) is 1. The van der Waals surface area contributed by atoms with E-state index in [1.54, 1.807) is 7.11 Å². The van der Waals surface area contributed by atoms with E-state index in [0.717, 1.165) is 30.0 Å². The van der Waals surface area contributed by atoms with Crippen molar-refractivity contribution >= 4 is 28.7 Å². The minimum Gasteiger partial charge on any atom is -0.497 e. The molecular formula is C19H24N2OS. The summed E-state index contributed by atoms with van der Waals surface area (Å²) < 4.78 is 5.20. The van der Waals surface area contributed by atoms with E-state index in [1.807, 2.05) is 36.2 Å². The van der Waals surface area contributed by atoms with Crippen molar-refractivity contribution in [3.05, 3.63) is 53.6 Å². The fourth-order valence-corrected chi connectivity index (χ4v) is 2.72. The minimum absolute atomic E-state index is 0.686. The Kier molecular flexibility index (Phi) is 5.99. The first-order valence-electron chi connectivity index (χ1n) is 7.90. The van der Waals surface area contributed by atoms with Crippen molar-refractivity contribution in [2.24, 2.45) is 0 Å². The maximum Gasteiger partial charge on any atom is 0.177 e. The summed E-state index contributed by atoms with van der Waals surface area (Å²) in [5.41, 5.74) is 4.74. The summed E-state index contributed by atoms with van der Waals surface area (Å²) in [6.07, 6.45) is 1.95. The molecule has 0 aromatic heterocycles. The van der Waals surface area contributed by atoms with Crippen LogP contribution in [0.1, 0.15) is 25.0 Å².